The Morgan fingerprint density at radius 3 is 2.59 bits per heavy atom. The fourth-order valence-electron chi connectivity index (χ4n) is 2.32. The van der Waals surface area contributed by atoms with E-state index in [0.717, 1.165) is 19.6 Å². The van der Waals surface area contributed by atoms with Crippen molar-refractivity contribution in [2.24, 2.45) is 0 Å². The monoisotopic (exact) mass is 250 g/mol. The van der Waals surface area contributed by atoms with E-state index in [1.165, 1.54) is 17.0 Å². The van der Waals surface area contributed by atoms with E-state index in [1.807, 2.05) is 0 Å². The van der Waals surface area contributed by atoms with Crippen LogP contribution in [0.2, 0.25) is 0 Å². The standard InChI is InChI=1S/C14H22N2S/c1-14(2)11-16(10-4-9-15-14)12-5-7-13(17-3)8-6-12/h5-8,15H,4,9-11H2,1-3H3. The molecule has 3 heteroatoms. The molecule has 2 nitrogen and oxygen atoms in total. The van der Waals surface area contributed by atoms with Crippen LogP contribution in [0.25, 0.3) is 0 Å². The highest BCUT2D eigenvalue weighted by atomic mass is 32.2. The number of anilines is 1. The molecule has 94 valence electrons. The molecule has 0 aliphatic carbocycles. The lowest BCUT2D eigenvalue weighted by Crippen LogP contribution is -2.46. The summed E-state index contributed by atoms with van der Waals surface area (Å²) in [5.74, 6) is 0. The van der Waals surface area contributed by atoms with Gasteiger partial charge in [0.1, 0.15) is 0 Å². The molecule has 1 aliphatic heterocycles. The lowest BCUT2D eigenvalue weighted by molar-refractivity contribution is 0.416. The first-order valence-corrected chi connectivity index (χ1v) is 7.47. The first-order valence-electron chi connectivity index (χ1n) is 6.25. The molecule has 1 aromatic rings. The van der Waals surface area contributed by atoms with E-state index in [0.29, 0.717) is 0 Å². The Bertz CT molecular complexity index is 359. The fraction of sp³-hybridized carbons (Fsp3) is 0.571. The lowest BCUT2D eigenvalue weighted by atomic mass is 10.1. The van der Waals surface area contributed by atoms with E-state index in [9.17, 15) is 0 Å². The van der Waals surface area contributed by atoms with Crippen molar-refractivity contribution in [1.82, 2.24) is 5.32 Å². The highest BCUT2D eigenvalue weighted by molar-refractivity contribution is 7.98. The molecule has 0 atom stereocenters. The van der Waals surface area contributed by atoms with E-state index >= 15 is 0 Å². The number of nitrogens with one attached hydrogen (secondary N) is 1. The highest BCUT2D eigenvalue weighted by Gasteiger charge is 2.23. The van der Waals surface area contributed by atoms with Crippen molar-refractivity contribution in [2.75, 3.05) is 30.8 Å². The number of rotatable bonds is 2. The van der Waals surface area contributed by atoms with Gasteiger partial charge in [0.25, 0.3) is 0 Å². The molecule has 0 spiro atoms. The van der Waals surface area contributed by atoms with Gasteiger partial charge in [-0.05, 0) is 57.3 Å². The maximum Gasteiger partial charge on any atom is 0.0367 e. The van der Waals surface area contributed by atoms with Crippen molar-refractivity contribution in [1.29, 1.82) is 0 Å². The Morgan fingerprint density at radius 2 is 1.94 bits per heavy atom. The summed E-state index contributed by atoms with van der Waals surface area (Å²) in [5, 5.41) is 3.60. The molecule has 0 saturated carbocycles. The van der Waals surface area contributed by atoms with Crippen molar-refractivity contribution in [3.05, 3.63) is 24.3 Å². The zero-order valence-corrected chi connectivity index (χ0v) is 11.8. The van der Waals surface area contributed by atoms with Gasteiger partial charge in [-0.15, -0.1) is 11.8 Å². The summed E-state index contributed by atoms with van der Waals surface area (Å²) in [6.07, 6.45) is 3.34. The molecule has 0 amide bonds. The van der Waals surface area contributed by atoms with Gasteiger partial charge in [0, 0.05) is 29.2 Å². The van der Waals surface area contributed by atoms with E-state index < -0.39 is 0 Å². The Kier molecular flexibility index (Phi) is 4.00. The second-order valence-electron chi connectivity index (χ2n) is 5.28. The van der Waals surface area contributed by atoms with Crippen molar-refractivity contribution in [3.63, 3.8) is 0 Å². The zero-order valence-electron chi connectivity index (χ0n) is 11.0. The van der Waals surface area contributed by atoms with Gasteiger partial charge in [0.2, 0.25) is 0 Å². The number of thioether (sulfide) groups is 1. The number of hydrogen-bond acceptors (Lipinski definition) is 3. The molecular formula is C14H22N2S. The fourth-order valence-corrected chi connectivity index (χ4v) is 2.73. The van der Waals surface area contributed by atoms with Crippen LogP contribution in [-0.2, 0) is 0 Å². The molecular weight excluding hydrogens is 228 g/mol. The molecule has 1 saturated heterocycles. The topological polar surface area (TPSA) is 15.3 Å². The van der Waals surface area contributed by atoms with Gasteiger partial charge in [-0.1, -0.05) is 0 Å². The number of hydrogen-bond donors (Lipinski definition) is 1. The minimum atomic E-state index is 0.203. The molecule has 0 unspecified atom stereocenters. The average Bonchev–Trinajstić information content (AvgIpc) is 2.50. The van der Waals surface area contributed by atoms with Crippen LogP contribution in [-0.4, -0.2) is 31.4 Å². The van der Waals surface area contributed by atoms with E-state index in [-0.39, 0.29) is 5.54 Å². The van der Waals surface area contributed by atoms with Gasteiger partial charge >= 0.3 is 0 Å². The molecule has 1 aliphatic rings. The lowest BCUT2D eigenvalue weighted by Gasteiger charge is -2.31. The van der Waals surface area contributed by atoms with Crippen LogP contribution in [0.3, 0.4) is 0 Å². The smallest absolute Gasteiger partial charge is 0.0367 e. The third-order valence-corrected chi connectivity index (χ3v) is 3.98. The second-order valence-corrected chi connectivity index (χ2v) is 6.16. The summed E-state index contributed by atoms with van der Waals surface area (Å²) in [4.78, 5) is 3.82. The summed E-state index contributed by atoms with van der Waals surface area (Å²) in [6, 6.07) is 8.91. The van der Waals surface area contributed by atoms with Gasteiger partial charge in [0.05, 0.1) is 0 Å². The molecule has 2 rings (SSSR count). The van der Waals surface area contributed by atoms with Crippen LogP contribution in [0.15, 0.2) is 29.2 Å². The maximum absolute atomic E-state index is 3.60. The molecule has 0 aromatic heterocycles. The Balaban J connectivity index is 2.14. The minimum absolute atomic E-state index is 0.203. The largest absolute Gasteiger partial charge is 0.370 e. The summed E-state index contributed by atoms with van der Waals surface area (Å²) < 4.78 is 0. The molecule has 1 N–H and O–H groups in total. The van der Waals surface area contributed by atoms with Crippen molar-refractivity contribution in [2.45, 2.75) is 30.7 Å². The quantitative estimate of drug-likeness (QED) is 0.812. The van der Waals surface area contributed by atoms with E-state index in [2.05, 4.69) is 54.6 Å². The van der Waals surface area contributed by atoms with Crippen LogP contribution in [0.4, 0.5) is 5.69 Å². The second kappa shape index (κ2) is 5.32. The molecule has 1 aromatic carbocycles. The van der Waals surface area contributed by atoms with Gasteiger partial charge in [-0.25, -0.2) is 0 Å². The Hall–Kier alpha value is -0.670. The van der Waals surface area contributed by atoms with E-state index in [4.69, 9.17) is 0 Å². The molecule has 0 radical (unpaired) electrons. The Labute approximate surface area is 109 Å². The minimum Gasteiger partial charge on any atom is -0.370 e. The predicted octanol–water partition coefficient (Wildman–Crippen LogP) is 2.99. The summed E-state index contributed by atoms with van der Waals surface area (Å²) in [5.41, 5.74) is 1.55. The molecule has 1 heterocycles. The van der Waals surface area contributed by atoms with Crippen LogP contribution >= 0.6 is 11.8 Å². The first kappa shape index (κ1) is 12.8. The zero-order chi connectivity index (χ0) is 12.3. The van der Waals surface area contributed by atoms with Crippen molar-refractivity contribution < 1.29 is 0 Å². The van der Waals surface area contributed by atoms with Gasteiger partial charge in [-0.3, -0.25) is 0 Å². The van der Waals surface area contributed by atoms with Crippen LogP contribution < -0.4 is 10.2 Å². The van der Waals surface area contributed by atoms with Gasteiger partial charge in [-0.2, -0.15) is 0 Å². The van der Waals surface area contributed by atoms with Crippen molar-refractivity contribution >= 4 is 17.4 Å². The summed E-state index contributed by atoms with van der Waals surface area (Å²) in [7, 11) is 0. The average molecular weight is 250 g/mol. The molecule has 1 fully saturated rings. The maximum atomic E-state index is 3.60. The molecule has 17 heavy (non-hydrogen) atoms. The number of benzene rings is 1. The first-order chi connectivity index (χ1) is 8.11. The SMILES string of the molecule is CSc1ccc(N2CCCNC(C)(C)C2)cc1. The highest BCUT2D eigenvalue weighted by Crippen LogP contribution is 2.23. The summed E-state index contributed by atoms with van der Waals surface area (Å²) >= 11 is 1.80. The summed E-state index contributed by atoms with van der Waals surface area (Å²) in [6.45, 7) is 7.90. The molecule has 0 bridgehead atoms. The normalized spacial score (nSPS) is 20.1. The Morgan fingerprint density at radius 1 is 1.24 bits per heavy atom. The van der Waals surface area contributed by atoms with Gasteiger partial charge < -0.3 is 10.2 Å². The number of nitrogens with zero attached hydrogens (tertiary/aromatic N) is 1. The third-order valence-electron chi connectivity index (χ3n) is 3.23. The van der Waals surface area contributed by atoms with Crippen LogP contribution in [0.1, 0.15) is 20.3 Å². The van der Waals surface area contributed by atoms with Crippen LogP contribution in [0, 0.1) is 0 Å². The van der Waals surface area contributed by atoms with Crippen molar-refractivity contribution in [3.8, 4) is 0 Å². The predicted molar refractivity (Wildman–Crippen MR) is 77.1 cm³/mol. The van der Waals surface area contributed by atoms with E-state index in [1.54, 1.807) is 11.8 Å². The third kappa shape index (κ3) is 3.39. The van der Waals surface area contributed by atoms with Crippen LogP contribution in [0.5, 0.6) is 0 Å². The van der Waals surface area contributed by atoms with Gasteiger partial charge in [0.15, 0.2) is 0 Å².